The minimum Gasteiger partial charge on any atom is -0.273 e. The Balaban J connectivity index is 1.55. The highest BCUT2D eigenvalue weighted by Crippen LogP contribution is 2.58. The Labute approximate surface area is 163 Å². The van der Waals surface area contributed by atoms with Gasteiger partial charge in [0.2, 0.25) is 5.91 Å². The van der Waals surface area contributed by atoms with Crippen LogP contribution >= 0.6 is 11.6 Å². The van der Waals surface area contributed by atoms with Gasteiger partial charge in [-0.25, -0.2) is 5.43 Å². The third-order valence-corrected chi connectivity index (χ3v) is 5.48. The van der Waals surface area contributed by atoms with E-state index in [1.807, 2.05) is 54.6 Å². The molecule has 0 heterocycles. The van der Waals surface area contributed by atoms with Gasteiger partial charge in [0.25, 0.3) is 0 Å². The highest BCUT2D eigenvalue weighted by molar-refractivity contribution is 6.33. The van der Waals surface area contributed by atoms with Crippen molar-refractivity contribution in [3.05, 3.63) is 107 Å². The quantitative estimate of drug-likeness (QED) is 0.506. The lowest BCUT2D eigenvalue weighted by molar-refractivity contribution is -0.122. The third-order valence-electron chi connectivity index (χ3n) is 5.14. The van der Waals surface area contributed by atoms with E-state index >= 15 is 0 Å². The average Bonchev–Trinajstić information content (AvgIpc) is 3.48. The summed E-state index contributed by atoms with van der Waals surface area (Å²) >= 11 is 6.12. The average molecular weight is 375 g/mol. The molecule has 1 aliphatic carbocycles. The van der Waals surface area contributed by atoms with Crippen molar-refractivity contribution in [2.24, 2.45) is 11.0 Å². The first-order valence-corrected chi connectivity index (χ1v) is 9.28. The fourth-order valence-corrected chi connectivity index (χ4v) is 3.86. The predicted molar refractivity (Wildman–Crippen MR) is 109 cm³/mol. The second-order valence-corrected chi connectivity index (χ2v) is 7.12. The zero-order chi connectivity index (χ0) is 18.7. The van der Waals surface area contributed by atoms with E-state index in [9.17, 15) is 4.79 Å². The van der Waals surface area contributed by atoms with Crippen LogP contribution in [0.5, 0.6) is 0 Å². The Morgan fingerprint density at radius 1 is 0.926 bits per heavy atom. The molecule has 134 valence electrons. The van der Waals surface area contributed by atoms with E-state index in [0.717, 1.165) is 23.1 Å². The van der Waals surface area contributed by atoms with Crippen molar-refractivity contribution >= 4 is 23.7 Å². The first-order chi connectivity index (χ1) is 13.2. The number of benzene rings is 3. The van der Waals surface area contributed by atoms with Crippen LogP contribution in [0.15, 0.2) is 90.0 Å². The van der Waals surface area contributed by atoms with E-state index in [0.29, 0.717) is 5.02 Å². The number of hydrogen-bond acceptors (Lipinski definition) is 2. The van der Waals surface area contributed by atoms with Gasteiger partial charge in [0.15, 0.2) is 0 Å². The second kappa shape index (κ2) is 7.37. The maximum Gasteiger partial charge on any atom is 0.244 e. The molecule has 0 saturated heterocycles. The van der Waals surface area contributed by atoms with E-state index in [1.165, 1.54) is 0 Å². The third kappa shape index (κ3) is 3.38. The van der Waals surface area contributed by atoms with Gasteiger partial charge < -0.3 is 0 Å². The Bertz CT molecular complexity index is 930. The lowest BCUT2D eigenvalue weighted by atomic mass is 9.85. The van der Waals surface area contributed by atoms with Gasteiger partial charge in [-0.15, -0.1) is 0 Å². The fraction of sp³-hybridized carbons (Fsp3) is 0.130. The van der Waals surface area contributed by atoms with Gasteiger partial charge in [-0.3, -0.25) is 4.79 Å². The number of nitrogens with one attached hydrogen (secondary N) is 1. The van der Waals surface area contributed by atoms with E-state index < -0.39 is 0 Å². The summed E-state index contributed by atoms with van der Waals surface area (Å²) in [5.74, 6) is -0.225. The molecule has 0 spiro atoms. The zero-order valence-electron chi connectivity index (χ0n) is 14.7. The molecule has 3 aromatic rings. The first kappa shape index (κ1) is 17.5. The molecule has 0 radical (unpaired) electrons. The van der Waals surface area contributed by atoms with Crippen molar-refractivity contribution in [3.63, 3.8) is 0 Å². The number of rotatable bonds is 5. The molecular formula is C23H19ClN2O. The summed E-state index contributed by atoms with van der Waals surface area (Å²) < 4.78 is 0. The largest absolute Gasteiger partial charge is 0.273 e. The summed E-state index contributed by atoms with van der Waals surface area (Å²) in [6.07, 6.45) is 2.35. The molecule has 1 N–H and O–H groups in total. The summed E-state index contributed by atoms with van der Waals surface area (Å²) in [4.78, 5) is 12.8. The van der Waals surface area contributed by atoms with Crippen molar-refractivity contribution in [1.29, 1.82) is 0 Å². The van der Waals surface area contributed by atoms with Gasteiger partial charge >= 0.3 is 0 Å². The number of amides is 1. The van der Waals surface area contributed by atoms with Gasteiger partial charge in [-0.1, -0.05) is 90.5 Å². The molecule has 27 heavy (non-hydrogen) atoms. The monoisotopic (exact) mass is 374 g/mol. The lowest BCUT2D eigenvalue weighted by Crippen LogP contribution is -2.25. The lowest BCUT2D eigenvalue weighted by Gasteiger charge is -2.18. The van der Waals surface area contributed by atoms with E-state index in [-0.39, 0.29) is 17.2 Å². The number of hydrazone groups is 1. The number of halogens is 1. The van der Waals surface area contributed by atoms with Crippen molar-refractivity contribution in [2.75, 3.05) is 0 Å². The molecule has 1 aliphatic rings. The molecule has 3 nitrogen and oxygen atoms in total. The summed E-state index contributed by atoms with van der Waals surface area (Å²) in [6, 6.07) is 27.8. The van der Waals surface area contributed by atoms with Gasteiger partial charge in [0.05, 0.1) is 12.1 Å². The van der Waals surface area contributed by atoms with Crippen molar-refractivity contribution < 1.29 is 4.79 Å². The Kier molecular flexibility index (Phi) is 4.78. The molecule has 0 bridgehead atoms. The van der Waals surface area contributed by atoms with E-state index in [4.69, 9.17) is 11.6 Å². The number of hydrogen-bond donors (Lipinski definition) is 1. The number of nitrogens with zero attached hydrogens (tertiary/aromatic N) is 1. The van der Waals surface area contributed by atoms with Crippen LogP contribution in [-0.2, 0) is 10.2 Å². The predicted octanol–water partition coefficient (Wildman–Crippen LogP) is 4.80. The van der Waals surface area contributed by atoms with E-state index in [1.54, 1.807) is 12.3 Å². The summed E-state index contributed by atoms with van der Waals surface area (Å²) in [5, 5.41) is 4.71. The molecule has 3 aromatic carbocycles. The Morgan fingerprint density at radius 2 is 1.48 bits per heavy atom. The van der Waals surface area contributed by atoms with Gasteiger partial charge in [0.1, 0.15) is 0 Å². The van der Waals surface area contributed by atoms with Crippen LogP contribution in [0.4, 0.5) is 0 Å². The van der Waals surface area contributed by atoms with Crippen molar-refractivity contribution in [3.8, 4) is 0 Å². The van der Waals surface area contributed by atoms with Crippen molar-refractivity contribution in [1.82, 2.24) is 5.43 Å². The van der Waals surface area contributed by atoms with Crippen LogP contribution in [0.3, 0.4) is 0 Å². The van der Waals surface area contributed by atoms with Crippen LogP contribution in [-0.4, -0.2) is 12.1 Å². The van der Waals surface area contributed by atoms with Crippen LogP contribution in [0, 0.1) is 5.92 Å². The number of carbonyl (C=O) groups is 1. The molecular weight excluding hydrogens is 356 g/mol. The highest BCUT2D eigenvalue weighted by atomic mass is 35.5. The standard InChI is InChI=1S/C23H19ClN2O/c24-21-14-8-7-9-17(21)16-25-26-22(27)20-15-23(20,18-10-3-1-4-11-18)19-12-5-2-6-13-19/h1-14,16,20H,15H2,(H,26,27)/b25-16-/t20-/m1/s1. The Morgan fingerprint density at radius 3 is 2.07 bits per heavy atom. The van der Waals surface area contributed by atoms with Gasteiger partial charge in [-0.2, -0.15) is 5.10 Å². The maximum atomic E-state index is 12.8. The summed E-state index contributed by atoms with van der Waals surface area (Å²) in [6.45, 7) is 0. The van der Waals surface area contributed by atoms with Gasteiger partial charge in [0, 0.05) is 16.0 Å². The minimum absolute atomic E-state index is 0.0778. The molecule has 4 heteroatoms. The molecule has 0 aromatic heterocycles. The Hall–Kier alpha value is -2.91. The molecule has 0 aliphatic heterocycles. The van der Waals surface area contributed by atoms with Crippen LogP contribution < -0.4 is 5.43 Å². The molecule has 0 unspecified atom stereocenters. The van der Waals surface area contributed by atoms with E-state index in [2.05, 4.69) is 34.8 Å². The molecule has 1 fully saturated rings. The highest BCUT2D eigenvalue weighted by Gasteiger charge is 2.60. The molecule has 1 amide bonds. The summed E-state index contributed by atoms with van der Waals surface area (Å²) in [7, 11) is 0. The second-order valence-electron chi connectivity index (χ2n) is 6.72. The SMILES string of the molecule is O=C(N/N=C\c1ccccc1Cl)[C@H]1CC1(c1ccccc1)c1ccccc1. The molecule has 4 rings (SSSR count). The summed E-state index contributed by atoms with van der Waals surface area (Å²) in [5.41, 5.74) is 5.49. The maximum absolute atomic E-state index is 12.8. The molecule has 1 saturated carbocycles. The van der Waals surface area contributed by atoms with Gasteiger partial charge in [-0.05, 0) is 23.6 Å². The normalized spacial score (nSPS) is 17.6. The van der Waals surface area contributed by atoms with Crippen LogP contribution in [0.2, 0.25) is 5.02 Å². The van der Waals surface area contributed by atoms with Crippen molar-refractivity contribution in [2.45, 2.75) is 11.8 Å². The first-order valence-electron chi connectivity index (χ1n) is 8.90. The van der Waals surface area contributed by atoms with Crippen LogP contribution in [0.1, 0.15) is 23.1 Å². The fourth-order valence-electron chi connectivity index (χ4n) is 3.68. The number of carbonyl (C=O) groups excluding carboxylic acids is 1. The smallest absolute Gasteiger partial charge is 0.244 e. The minimum atomic E-state index is -0.285. The topological polar surface area (TPSA) is 41.5 Å². The molecule has 1 atom stereocenters. The van der Waals surface area contributed by atoms with Crippen LogP contribution in [0.25, 0.3) is 0 Å². The zero-order valence-corrected chi connectivity index (χ0v) is 15.4.